The molecule has 0 bridgehead atoms. The summed E-state index contributed by atoms with van der Waals surface area (Å²) in [5, 5.41) is 4.34. The molecular weight excluding hydrogens is 315 g/mol. The fraction of sp³-hybridized carbons (Fsp3) is 0. The average Bonchev–Trinajstić information content (AvgIpc) is 3.02. The number of allylic oxidation sites excluding steroid dienone is 1. The molecule has 0 fully saturated rings. The Bertz CT molecular complexity index is 872. The SMILES string of the molecule is O=C(/C=C/c1cnn(-c2ccccc2)c1)c1ccc(F)cc1Cl. The number of nitrogens with zero attached hydrogens (tertiary/aromatic N) is 2. The molecule has 0 N–H and O–H groups in total. The Labute approximate surface area is 137 Å². The predicted molar refractivity (Wildman–Crippen MR) is 88.3 cm³/mol. The van der Waals surface area contributed by atoms with Gasteiger partial charge in [0.05, 0.1) is 16.9 Å². The molecule has 0 atom stereocenters. The molecule has 1 aromatic heterocycles. The van der Waals surface area contributed by atoms with E-state index in [0.29, 0.717) is 0 Å². The summed E-state index contributed by atoms with van der Waals surface area (Å²) in [5.74, 6) is -0.762. The van der Waals surface area contributed by atoms with Crippen molar-refractivity contribution in [3.8, 4) is 5.69 Å². The van der Waals surface area contributed by atoms with Crippen LogP contribution in [0.4, 0.5) is 4.39 Å². The first-order valence-corrected chi connectivity index (χ1v) is 7.29. The van der Waals surface area contributed by atoms with Gasteiger partial charge in [-0.2, -0.15) is 5.10 Å². The fourth-order valence-electron chi connectivity index (χ4n) is 2.10. The van der Waals surface area contributed by atoms with E-state index in [1.54, 1.807) is 17.0 Å². The lowest BCUT2D eigenvalue weighted by Crippen LogP contribution is -1.95. The molecule has 0 saturated carbocycles. The molecule has 0 aliphatic rings. The summed E-state index contributed by atoms with van der Waals surface area (Å²) in [6.45, 7) is 0. The second kappa shape index (κ2) is 6.58. The fourth-order valence-corrected chi connectivity index (χ4v) is 2.36. The number of carbonyl (C=O) groups excluding carboxylic acids is 1. The summed E-state index contributed by atoms with van der Waals surface area (Å²) in [5.41, 5.74) is 1.97. The number of halogens is 2. The van der Waals surface area contributed by atoms with Crippen LogP contribution >= 0.6 is 11.6 Å². The summed E-state index contributed by atoms with van der Waals surface area (Å²) in [4.78, 5) is 12.1. The molecule has 3 nitrogen and oxygen atoms in total. The maximum atomic E-state index is 13.0. The van der Waals surface area contributed by atoms with Crippen LogP contribution in [0.5, 0.6) is 0 Å². The van der Waals surface area contributed by atoms with Crippen LogP contribution in [0.3, 0.4) is 0 Å². The summed E-state index contributed by atoms with van der Waals surface area (Å²) in [6, 6.07) is 13.3. The van der Waals surface area contributed by atoms with Gasteiger partial charge in [0.25, 0.3) is 0 Å². The first-order valence-electron chi connectivity index (χ1n) is 6.91. The Hall–Kier alpha value is -2.72. The Morgan fingerprint density at radius 1 is 1.17 bits per heavy atom. The number of hydrogen-bond acceptors (Lipinski definition) is 2. The third-order valence-electron chi connectivity index (χ3n) is 3.25. The van der Waals surface area contributed by atoms with Crippen LogP contribution in [-0.4, -0.2) is 15.6 Å². The van der Waals surface area contributed by atoms with Crippen LogP contribution < -0.4 is 0 Å². The van der Waals surface area contributed by atoms with Crippen molar-refractivity contribution in [1.29, 1.82) is 0 Å². The number of para-hydroxylation sites is 1. The van der Waals surface area contributed by atoms with Crippen LogP contribution in [0.25, 0.3) is 11.8 Å². The van der Waals surface area contributed by atoms with Crippen LogP contribution in [0.1, 0.15) is 15.9 Å². The van der Waals surface area contributed by atoms with Gasteiger partial charge in [-0.3, -0.25) is 4.79 Å². The van der Waals surface area contributed by atoms with E-state index < -0.39 is 5.82 Å². The molecule has 114 valence electrons. The van der Waals surface area contributed by atoms with Crippen molar-refractivity contribution in [3.63, 3.8) is 0 Å². The van der Waals surface area contributed by atoms with Crippen LogP contribution in [-0.2, 0) is 0 Å². The van der Waals surface area contributed by atoms with Crippen molar-refractivity contribution < 1.29 is 9.18 Å². The lowest BCUT2D eigenvalue weighted by Gasteiger charge is -1.99. The van der Waals surface area contributed by atoms with Gasteiger partial charge >= 0.3 is 0 Å². The van der Waals surface area contributed by atoms with E-state index in [-0.39, 0.29) is 16.4 Å². The van der Waals surface area contributed by atoms with Gasteiger partial charge in [0, 0.05) is 17.3 Å². The zero-order valence-corrected chi connectivity index (χ0v) is 12.7. The Balaban J connectivity index is 1.78. The zero-order valence-electron chi connectivity index (χ0n) is 12.0. The van der Waals surface area contributed by atoms with Crippen molar-refractivity contribution in [3.05, 3.63) is 89.0 Å². The second-order valence-corrected chi connectivity index (χ2v) is 5.28. The molecule has 2 aromatic carbocycles. The molecule has 1 heterocycles. The standard InChI is InChI=1S/C18H12ClFN2O/c19-17-10-14(20)7-8-16(17)18(23)9-6-13-11-21-22(12-13)15-4-2-1-3-5-15/h1-12H/b9-6+. The average molecular weight is 327 g/mol. The Morgan fingerprint density at radius 3 is 2.70 bits per heavy atom. The van der Waals surface area contributed by atoms with Gasteiger partial charge in [0.15, 0.2) is 5.78 Å². The lowest BCUT2D eigenvalue weighted by molar-refractivity contribution is 0.104. The van der Waals surface area contributed by atoms with Crippen molar-refractivity contribution >= 4 is 23.5 Å². The van der Waals surface area contributed by atoms with Gasteiger partial charge in [-0.1, -0.05) is 29.8 Å². The summed E-state index contributed by atoms with van der Waals surface area (Å²) in [7, 11) is 0. The maximum Gasteiger partial charge on any atom is 0.187 e. The van der Waals surface area contributed by atoms with E-state index in [2.05, 4.69) is 5.10 Å². The minimum atomic E-state index is -0.473. The molecule has 0 saturated heterocycles. The molecule has 0 aliphatic heterocycles. The maximum absolute atomic E-state index is 13.0. The lowest BCUT2D eigenvalue weighted by atomic mass is 10.1. The highest BCUT2D eigenvalue weighted by Crippen LogP contribution is 2.18. The molecule has 0 spiro atoms. The first kappa shape index (κ1) is 15.2. The van der Waals surface area contributed by atoms with E-state index in [4.69, 9.17) is 11.6 Å². The predicted octanol–water partition coefficient (Wildman–Crippen LogP) is 4.56. The summed E-state index contributed by atoms with van der Waals surface area (Å²) < 4.78 is 14.7. The van der Waals surface area contributed by atoms with E-state index in [0.717, 1.165) is 17.3 Å². The molecule has 0 unspecified atom stereocenters. The molecule has 0 amide bonds. The molecular formula is C18H12ClFN2O. The third-order valence-corrected chi connectivity index (χ3v) is 3.56. The summed E-state index contributed by atoms with van der Waals surface area (Å²) in [6.07, 6.45) is 6.51. The Kier molecular flexibility index (Phi) is 4.35. The van der Waals surface area contributed by atoms with Gasteiger partial charge in [-0.25, -0.2) is 9.07 Å². The van der Waals surface area contributed by atoms with E-state index in [9.17, 15) is 9.18 Å². The van der Waals surface area contributed by atoms with Crippen LogP contribution in [0.2, 0.25) is 5.02 Å². The largest absolute Gasteiger partial charge is 0.289 e. The van der Waals surface area contributed by atoms with Crippen molar-refractivity contribution in [1.82, 2.24) is 9.78 Å². The number of aromatic nitrogens is 2. The highest BCUT2D eigenvalue weighted by Gasteiger charge is 2.08. The van der Waals surface area contributed by atoms with Gasteiger partial charge in [-0.15, -0.1) is 0 Å². The number of benzene rings is 2. The van der Waals surface area contributed by atoms with Crippen LogP contribution in [0, 0.1) is 5.82 Å². The highest BCUT2D eigenvalue weighted by molar-refractivity contribution is 6.34. The van der Waals surface area contributed by atoms with E-state index in [1.807, 2.05) is 36.5 Å². The number of ketones is 1. The first-order chi connectivity index (χ1) is 11.1. The molecule has 0 aliphatic carbocycles. The summed E-state index contributed by atoms with van der Waals surface area (Å²) >= 11 is 5.88. The molecule has 23 heavy (non-hydrogen) atoms. The number of carbonyl (C=O) groups is 1. The Morgan fingerprint density at radius 2 is 1.96 bits per heavy atom. The van der Waals surface area contributed by atoms with Crippen LogP contribution in [0.15, 0.2) is 67.0 Å². The number of rotatable bonds is 4. The van der Waals surface area contributed by atoms with Gasteiger partial charge in [0.1, 0.15) is 5.82 Å². The van der Waals surface area contributed by atoms with Gasteiger partial charge in [-0.05, 0) is 42.5 Å². The topological polar surface area (TPSA) is 34.9 Å². The van der Waals surface area contributed by atoms with E-state index in [1.165, 1.54) is 18.2 Å². The minimum Gasteiger partial charge on any atom is -0.289 e. The van der Waals surface area contributed by atoms with Crippen molar-refractivity contribution in [2.24, 2.45) is 0 Å². The minimum absolute atomic E-state index is 0.0969. The van der Waals surface area contributed by atoms with E-state index >= 15 is 0 Å². The zero-order chi connectivity index (χ0) is 16.2. The quantitative estimate of drug-likeness (QED) is 0.520. The molecule has 5 heteroatoms. The smallest absolute Gasteiger partial charge is 0.187 e. The normalized spacial score (nSPS) is 11.0. The van der Waals surface area contributed by atoms with Gasteiger partial charge in [0.2, 0.25) is 0 Å². The number of hydrogen-bond donors (Lipinski definition) is 0. The highest BCUT2D eigenvalue weighted by atomic mass is 35.5. The third kappa shape index (κ3) is 3.55. The second-order valence-electron chi connectivity index (χ2n) is 4.88. The molecule has 3 aromatic rings. The van der Waals surface area contributed by atoms with Gasteiger partial charge < -0.3 is 0 Å². The monoisotopic (exact) mass is 326 g/mol. The van der Waals surface area contributed by atoms with Crippen molar-refractivity contribution in [2.45, 2.75) is 0 Å². The van der Waals surface area contributed by atoms with Crippen molar-refractivity contribution in [2.75, 3.05) is 0 Å². The molecule has 3 rings (SSSR count). The molecule has 0 radical (unpaired) electrons.